The number of pyridine rings is 1. The van der Waals surface area contributed by atoms with E-state index in [0.29, 0.717) is 11.5 Å². The molecule has 128 valence electrons. The molecule has 0 aliphatic rings. The molecule has 0 radical (unpaired) electrons. The van der Waals surface area contributed by atoms with E-state index in [9.17, 15) is 18.0 Å². The van der Waals surface area contributed by atoms with E-state index in [-0.39, 0.29) is 10.7 Å². The monoisotopic (exact) mass is 366 g/mol. The highest BCUT2D eigenvalue weighted by molar-refractivity contribution is 7.10. The van der Waals surface area contributed by atoms with Crippen LogP contribution in [0.4, 0.5) is 18.3 Å². The van der Waals surface area contributed by atoms with E-state index in [1.54, 1.807) is 24.4 Å². The Hall–Kier alpha value is -3.01. The number of rotatable bonds is 4. The highest BCUT2D eigenvalue weighted by Gasteiger charge is 2.31. The molecular formula is C15H9F3N4O2S. The quantitative estimate of drug-likeness (QED) is 0.761. The van der Waals surface area contributed by atoms with Gasteiger partial charge in [-0.25, -0.2) is 0 Å². The zero-order chi connectivity index (χ0) is 17.9. The topological polar surface area (TPSA) is 77.0 Å². The third-order valence-corrected chi connectivity index (χ3v) is 3.52. The summed E-state index contributed by atoms with van der Waals surface area (Å²) < 4.78 is 44.2. The first-order valence-corrected chi connectivity index (χ1v) is 7.60. The Bertz CT molecular complexity index is 866. The Labute approximate surface area is 143 Å². The first kappa shape index (κ1) is 16.8. The van der Waals surface area contributed by atoms with Gasteiger partial charge in [-0.2, -0.15) is 9.36 Å². The number of hydrogen-bond donors (Lipinski definition) is 1. The van der Waals surface area contributed by atoms with Crippen molar-refractivity contribution in [3.63, 3.8) is 0 Å². The fourth-order valence-corrected chi connectivity index (χ4v) is 2.42. The molecule has 0 bridgehead atoms. The van der Waals surface area contributed by atoms with Gasteiger partial charge in [-0.3, -0.25) is 15.1 Å². The number of alkyl halides is 3. The number of ether oxygens (including phenoxy) is 1. The molecule has 6 nitrogen and oxygen atoms in total. The zero-order valence-corrected chi connectivity index (χ0v) is 13.1. The van der Waals surface area contributed by atoms with E-state index in [4.69, 9.17) is 0 Å². The van der Waals surface area contributed by atoms with Crippen LogP contribution in [0.5, 0.6) is 5.75 Å². The number of benzene rings is 1. The molecule has 3 aromatic rings. The summed E-state index contributed by atoms with van der Waals surface area (Å²) in [5, 5.41) is 2.78. The van der Waals surface area contributed by atoms with E-state index in [2.05, 4.69) is 24.4 Å². The lowest BCUT2D eigenvalue weighted by atomic mass is 10.2. The molecule has 0 aliphatic heterocycles. The van der Waals surface area contributed by atoms with Gasteiger partial charge in [-0.1, -0.05) is 6.07 Å². The summed E-state index contributed by atoms with van der Waals surface area (Å²) in [5.41, 5.74) is 0.719. The predicted molar refractivity (Wildman–Crippen MR) is 84.2 cm³/mol. The van der Waals surface area contributed by atoms with E-state index in [1.165, 1.54) is 12.1 Å². The van der Waals surface area contributed by atoms with Gasteiger partial charge in [-0.05, 0) is 36.4 Å². The molecule has 1 aromatic carbocycles. The molecular weight excluding hydrogens is 357 g/mol. The summed E-state index contributed by atoms with van der Waals surface area (Å²) in [7, 11) is 0. The Morgan fingerprint density at radius 2 is 1.88 bits per heavy atom. The van der Waals surface area contributed by atoms with E-state index < -0.39 is 18.0 Å². The largest absolute Gasteiger partial charge is 0.573 e. The minimum atomic E-state index is -4.78. The molecule has 0 spiro atoms. The number of halogens is 3. The number of nitrogens with one attached hydrogen (secondary N) is 1. The van der Waals surface area contributed by atoms with Crippen molar-refractivity contribution in [3.05, 3.63) is 54.2 Å². The molecule has 0 atom stereocenters. The third-order valence-electron chi connectivity index (χ3n) is 2.89. The maximum absolute atomic E-state index is 12.1. The van der Waals surface area contributed by atoms with Crippen LogP contribution in [-0.4, -0.2) is 26.6 Å². The summed E-state index contributed by atoms with van der Waals surface area (Å²) in [6.45, 7) is 0. The molecule has 0 saturated heterocycles. The summed E-state index contributed by atoms with van der Waals surface area (Å²) in [4.78, 5) is 20.4. The average Bonchev–Trinajstić information content (AvgIpc) is 3.03. The van der Waals surface area contributed by atoms with E-state index in [0.717, 1.165) is 23.7 Å². The van der Waals surface area contributed by atoms with Crippen LogP contribution in [0.1, 0.15) is 10.4 Å². The minimum Gasteiger partial charge on any atom is -0.406 e. The SMILES string of the molecule is O=C(Nc1nc(-c2ccccn2)ns1)c1ccc(OC(F)(F)F)cc1. The fraction of sp³-hybridized carbons (Fsp3) is 0.0667. The molecule has 0 unspecified atom stereocenters. The van der Waals surface area contributed by atoms with Gasteiger partial charge >= 0.3 is 6.36 Å². The van der Waals surface area contributed by atoms with Crippen LogP contribution < -0.4 is 10.1 Å². The van der Waals surface area contributed by atoms with Crippen molar-refractivity contribution >= 4 is 22.6 Å². The Balaban J connectivity index is 1.67. The normalized spacial score (nSPS) is 11.2. The molecule has 1 N–H and O–H groups in total. The smallest absolute Gasteiger partial charge is 0.406 e. The average molecular weight is 366 g/mol. The van der Waals surface area contributed by atoms with Gasteiger partial charge in [0.25, 0.3) is 5.91 Å². The van der Waals surface area contributed by atoms with Gasteiger partial charge < -0.3 is 4.74 Å². The van der Waals surface area contributed by atoms with Gasteiger partial charge in [-0.15, -0.1) is 13.2 Å². The number of nitrogens with zero attached hydrogens (tertiary/aromatic N) is 3. The Morgan fingerprint density at radius 3 is 2.52 bits per heavy atom. The molecule has 2 aromatic heterocycles. The van der Waals surface area contributed by atoms with Crippen molar-refractivity contribution in [2.75, 3.05) is 5.32 Å². The van der Waals surface area contributed by atoms with Gasteiger partial charge in [0.2, 0.25) is 5.13 Å². The van der Waals surface area contributed by atoms with Gasteiger partial charge in [0.1, 0.15) is 11.4 Å². The third kappa shape index (κ3) is 4.51. The second-order valence-corrected chi connectivity index (χ2v) is 5.42. The van der Waals surface area contributed by atoms with Crippen molar-refractivity contribution in [2.45, 2.75) is 6.36 Å². The second-order valence-electron chi connectivity index (χ2n) is 4.66. The molecule has 3 rings (SSSR count). The molecule has 0 saturated carbocycles. The molecule has 1 amide bonds. The highest BCUT2D eigenvalue weighted by Crippen LogP contribution is 2.23. The number of hydrogen-bond acceptors (Lipinski definition) is 6. The van der Waals surface area contributed by atoms with Crippen LogP contribution in [0.3, 0.4) is 0 Å². The molecule has 2 heterocycles. The first-order valence-electron chi connectivity index (χ1n) is 6.83. The predicted octanol–water partition coefficient (Wildman–Crippen LogP) is 3.75. The summed E-state index contributed by atoms with van der Waals surface area (Å²) in [5.74, 6) is -0.561. The summed E-state index contributed by atoms with van der Waals surface area (Å²) >= 11 is 0.972. The van der Waals surface area contributed by atoms with Crippen LogP contribution in [-0.2, 0) is 0 Å². The van der Waals surface area contributed by atoms with Crippen LogP contribution in [0.2, 0.25) is 0 Å². The van der Waals surface area contributed by atoms with Crippen molar-refractivity contribution in [1.29, 1.82) is 0 Å². The Kier molecular flexibility index (Phi) is 4.61. The minimum absolute atomic E-state index is 0.157. The zero-order valence-electron chi connectivity index (χ0n) is 12.3. The Morgan fingerprint density at radius 1 is 1.12 bits per heavy atom. The standard InChI is InChI=1S/C15H9F3N4O2S/c16-15(17,18)24-10-6-4-9(5-7-10)13(23)21-14-20-12(22-25-14)11-3-1-2-8-19-11/h1-8H,(H,20,21,22,23). The van der Waals surface area contributed by atoms with Crippen molar-refractivity contribution in [3.8, 4) is 17.3 Å². The lowest BCUT2D eigenvalue weighted by molar-refractivity contribution is -0.274. The van der Waals surface area contributed by atoms with Gasteiger partial charge in [0, 0.05) is 23.3 Å². The van der Waals surface area contributed by atoms with Crippen LogP contribution in [0, 0.1) is 0 Å². The molecule has 0 fully saturated rings. The summed E-state index contributed by atoms with van der Waals surface area (Å²) in [6, 6.07) is 9.82. The number of carbonyl (C=O) groups excluding carboxylic acids is 1. The van der Waals surface area contributed by atoms with Crippen molar-refractivity contribution < 1.29 is 22.7 Å². The van der Waals surface area contributed by atoms with Gasteiger partial charge in [0.05, 0.1) is 0 Å². The van der Waals surface area contributed by atoms with Gasteiger partial charge in [0.15, 0.2) is 5.82 Å². The van der Waals surface area contributed by atoms with Crippen molar-refractivity contribution in [2.24, 2.45) is 0 Å². The molecule has 10 heteroatoms. The highest BCUT2D eigenvalue weighted by atomic mass is 32.1. The van der Waals surface area contributed by atoms with Crippen LogP contribution in [0.15, 0.2) is 48.7 Å². The van der Waals surface area contributed by atoms with E-state index in [1.807, 2.05) is 0 Å². The molecule has 0 aliphatic carbocycles. The lowest BCUT2D eigenvalue weighted by Gasteiger charge is -2.08. The number of anilines is 1. The fourth-order valence-electron chi connectivity index (χ4n) is 1.85. The molecule has 25 heavy (non-hydrogen) atoms. The first-order chi connectivity index (χ1) is 11.9. The number of aromatic nitrogens is 3. The van der Waals surface area contributed by atoms with E-state index >= 15 is 0 Å². The number of carbonyl (C=O) groups is 1. The second kappa shape index (κ2) is 6.85. The number of amides is 1. The van der Waals surface area contributed by atoms with Crippen LogP contribution >= 0.6 is 11.5 Å². The summed E-state index contributed by atoms with van der Waals surface area (Å²) in [6.07, 6.45) is -3.18. The lowest BCUT2D eigenvalue weighted by Crippen LogP contribution is -2.17. The van der Waals surface area contributed by atoms with Crippen molar-refractivity contribution in [1.82, 2.24) is 14.3 Å². The van der Waals surface area contributed by atoms with Crippen LogP contribution in [0.25, 0.3) is 11.5 Å². The maximum Gasteiger partial charge on any atom is 0.573 e. The maximum atomic E-state index is 12.1.